The van der Waals surface area contributed by atoms with Crippen LogP contribution in [0.25, 0.3) is 10.9 Å². The number of aromatic nitrogens is 1. The predicted octanol–water partition coefficient (Wildman–Crippen LogP) is 9.50. The highest BCUT2D eigenvalue weighted by molar-refractivity contribution is 6.99. The molecule has 6 atom stereocenters. The van der Waals surface area contributed by atoms with Gasteiger partial charge in [0.25, 0.3) is 6.71 Å². The van der Waals surface area contributed by atoms with Gasteiger partial charge in [0.05, 0.1) is 11.1 Å². The minimum absolute atomic E-state index is 0.0189. The van der Waals surface area contributed by atoms with E-state index in [-0.39, 0.29) is 28.5 Å². The van der Waals surface area contributed by atoms with Crippen LogP contribution in [0, 0.1) is 23.7 Å². The molecule has 3 aliphatic carbocycles. The number of nitrogens with zero attached hydrogens (tertiary/aromatic N) is 2. The zero-order chi connectivity index (χ0) is 34.0. The molecule has 1 aromatic heterocycles. The molecule has 6 aliphatic rings. The van der Waals surface area contributed by atoms with Crippen LogP contribution in [0.3, 0.4) is 0 Å². The maximum absolute atomic E-state index is 7.19. The van der Waals surface area contributed by atoms with E-state index >= 15 is 0 Å². The molecular formula is C45H55BN2O. The van der Waals surface area contributed by atoms with Gasteiger partial charge in [-0.05, 0) is 119 Å². The molecule has 4 heteroatoms. The summed E-state index contributed by atoms with van der Waals surface area (Å²) >= 11 is 0. The van der Waals surface area contributed by atoms with Gasteiger partial charge in [-0.3, -0.25) is 0 Å². The van der Waals surface area contributed by atoms with Crippen molar-refractivity contribution in [1.29, 1.82) is 0 Å². The van der Waals surface area contributed by atoms with Crippen LogP contribution in [0.5, 0.6) is 11.5 Å². The average Bonchev–Trinajstić information content (AvgIpc) is 3.48. The van der Waals surface area contributed by atoms with Gasteiger partial charge < -0.3 is 14.2 Å². The van der Waals surface area contributed by atoms with Crippen LogP contribution in [0.15, 0.2) is 48.5 Å². The molecule has 0 radical (unpaired) electrons. The number of ether oxygens (including phenoxy) is 1. The normalized spacial score (nSPS) is 31.0. The zero-order valence-corrected chi connectivity index (χ0v) is 31.5. The molecule has 3 aromatic carbocycles. The molecule has 3 fully saturated rings. The third-order valence-corrected chi connectivity index (χ3v) is 15.4. The van der Waals surface area contributed by atoms with Crippen LogP contribution in [0.4, 0.5) is 11.4 Å². The molecule has 10 rings (SSSR count). The van der Waals surface area contributed by atoms with Crippen molar-refractivity contribution in [2.45, 2.75) is 129 Å². The molecule has 3 nitrogen and oxygen atoms in total. The molecule has 4 heterocycles. The van der Waals surface area contributed by atoms with Gasteiger partial charge in [-0.15, -0.1) is 0 Å². The van der Waals surface area contributed by atoms with Gasteiger partial charge in [0.15, 0.2) is 0 Å². The van der Waals surface area contributed by atoms with Crippen LogP contribution < -0.4 is 26.2 Å². The highest BCUT2D eigenvalue weighted by Crippen LogP contribution is 2.71. The highest BCUT2D eigenvalue weighted by atomic mass is 16.5. The van der Waals surface area contributed by atoms with Crippen molar-refractivity contribution >= 4 is 45.5 Å². The first kappa shape index (κ1) is 30.7. The molecule has 6 unspecified atom stereocenters. The van der Waals surface area contributed by atoms with Crippen molar-refractivity contribution in [3.8, 4) is 11.5 Å². The van der Waals surface area contributed by atoms with E-state index in [9.17, 15) is 0 Å². The second-order valence-corrected chi connectivity index (χ2v) is 19.5. The number of fused-ring (bicyclic) bond motifs is 14. The Morgan fingerprint density at radius 3 is 2.16 bits per heavy atom. The van der Waals surface area contributed by atoms with Crippen molar-refractivity contribution in [3.05, 3.63) is 65.2 Å². The molecule has 3 aliphatic heterocycles. The average molecular weight is 651 g/mol. The summed E-state index contributed by atoms with van der Waals surface area (Å²) in [6.07, 6.45) is 11.2. The summed E-state index contributed by atoms with van der Waals surface area (Å²) in [7, 11) is 2.29. The van der Waals surface area contributed by atoms with E-state index in [1.807, 2.05) is 0 Å². The van der Waals surface area contributed by atoms with Gasteiger partial charge in [0.1, 0.15) is 11.5 Å². The summed E-state index contributed by atoms with van der Waals surface area (Å²) in [5.74, 6) is 5.24. The smallest absolute Gasteiger partial charge is 0.276 e. The molecule has 254 valence electrons. The first-order valence-corrected chi connectivity index (χ1v) is 19.7. The number of anilines is 2. The van der Waals surface area contributed by atoms with Crippen molar-refractivity contribution in [2.75, 3.05) is 4.90 Å². The SMILES string of the molecule is Cn1c2c(c3cc(C(C)(C)C)ccc31)Oc1cccc3c1B2c1cc(C(C)(C)C)cc2c1N3C1(C)C3CCCCC3C3CCCCC3C21C. The minimum atomic E-state index is 0.0189. The lowest BCUT2D eigenvalue weighted by Gasteiger charge is -2.66. The van der Waals surface area contributed by atoms with Crippen LogP contribution in [-0.4, -0.2) is 16.8 Å². The Morgan fingerprint density at radius 2 is 1.45 bits per heavy atom. The van der Waals surface area contributed by atoms with E-state index in [2.05, 4.69) is 120 Å². The van der Waals surface area contributed by atoms with Gasteiger partial charge >= 0.3 is 0 Å². The molecule has 0 bridgehead atoms. The Bertz CT molecular complexity index is 2080. The largest absolute Gasteiger partial charge is 0.456 e. The van der Waals surface area contributed by atoms with Crippen LogP contribution in [-0.2, 0) is 23.3 Å². The maximum atomic E-state index is 7.19. The van der Waals surface area contributed by atoms with Crippen LogP contribution in [0.1, 0.15) is 123 Å². The summed E-state index contributed by atoms with van der Waals surface area (Å²) < 4.78 is 9.67. The fourth-order valence-corrected chi connectivity index (χ4v) is 12.9. The molecule has 0 amide bonds. The van der Waals surface area contributed by atoms with Crippen molar-refractivity contribution in [1.82, 2.24) is 4.57 Å². The molecule has 0 spiro atoms. The molecule has 49 heavy (non-hydrogen) atoms. The van der Waals surface area contributed by atoms with Crippen molar-refractivity contribution in [2.24, 2.45) is 30.7 Å². The topological polar surface area (TPSA) is 17.4 Å². The summed E-state index contributed by atoms with van der Waals surface area (Å²) in [5.41, 5.74) is 13.2. The number of benzene rings is 3. The van der Waals surface area contributed by atoms with E-state index in [4.69, 9.17) is 4.74 Å². The molecule has 0 saturated heterocycles. The van der Waals surface area contributed by atoms with Gasteiger partial charge in [-0.2, -0.15) is 0 Å². The zero-order valence-electron chi connectivity index (χ0n) is 31.5. The molecular weight excluding hydrogens is 595 g/mol. The van der Waals surface area contributed by atoms with Gasteiger partial charge in [-0.25, -0.2) is 0 Å². The standard InChI is InChI=1S/C45H55BN2O/c1-42(2,3)26-21-22-35-30(23-26)40-41(47(35)9)46-34-25-27(43(4,5)6)24-33-39(34)48(36-19-14-20-37(49-40)38(36)46)45(8)32-18-13-11-16-29(32)28-15-10-12-17-31(28)44(33,45)7/h14,19-25,28-29,31-32H,10-13,15-18H2,1-9H3. The Balaban J connectivity index is 1.31. The molecule has 0 N–H and O–H groups in total. The monoisotopic (exact) mass is 650 g/mol. The summed E-state index contributed by atoms with van der Waals surface area (Å²) in [6.45, 7) is 19.9. The Hall–Kier alpha value is -3.14. The van der Waals surface area contributed by atoms with E-state index in [1.165, 1.54) is 95.6 Å². The third-order valence-electron chi connectivity index (χ3n) is 15.4. The molecule has 3 saturated carbocycles. The van der Waals surface area contributed by atoms with Crippen LogP contribution in [0.2, 0.25) is 0 Å². The summed E-state index contributed by atoms with van der Waals surface area (Å²) in [4.78, 5) is 2.96. The van der Waals surface area contributed by atoms with Crippen molar-refractivity contribution in [3.63, 3.8) is 0 Å². The van der Waals surface area contributed by atoms with E-state index in [0.29, 0.717) is 5.92 Å². The Kier molecular flexibility index (Phi) is 6.00. The Morgan fingerprint density at radius 1 is 0.776 bits per heavy atom. The second kappa shape index (κ2) is 9.59. The fourth-order valence-electron chi connectivity index (χ4n) is 12.9. The lowest BCUT2D eigenvalue weighted by molar-refractivity contribution is -0.0768. The van der Waals surface area contributed by atoms with E-state index in [1.54, 1.807) is 11.3 Å². The minimum Gasteiger partial charge on any atom is -0.456 e. The summed E-state index contributed by atoms with van der Waals surface area (Å²) in [5, 5.41) is 1.25. The molecule has 4 aromatic rings. The fraction of sp³-hybridized carbons (Fsp3) is 0.556. The first-order chi connectivity index (χ1) is 23.3. The van der Waals surface area contributed by atoms with Gasteiger partial charge in [0, 0.05) is 34.8 Å². The third kappa shape index (κ3) is 3.62. The number of rotatable bonds is 0. The van der Waals surface area contributed by atoms with Crippen molar-refractivity contribution < 1.29 is 4.74 Å². The number of hydrogen-bond acceptors (Lipinski definition) is 2. The van der Waals surface area contributed by atoms with E-state index < -0.39 is 0 Å². The van der Waals surface area contributed by atoms with Gasteiger partial charge in [0.2, 0.25) is 0 Å². The maximum Gasteiger partial charge on any atom is 0.276 e. The highest BCUT2D eigenvalue weighted by Gasteiger charge is 2.71. The Labute approximate surface area is 294 Å². The number of hydrogen-bond donors (Lipinski definition) is 0. The lowest BCUT2D eigenvalue weighted by Crippen LogP contribution is -2.70. The second-order valence-electron chi connectivity index (χ2n) is 19.5. The van der Waals surface area contributed by atoms with E-state index in [0.717, 1.165) is 29.3 Å². The predicted molar refractivity (Wildman–Crippen MR) is 207 cm³/mol. The summed E-state index contributed by atoms with van der Waals surface area (Å²) in [6, 6.07) is 19.5. The number of aryl methyl sites for hydroxylation is 1. The first-order valence-electron chi connectivity index (χ1n) is 19.7. The van der Waals surface area contributed by atoms with Crippen LogP contribution >= 0.6 is 0 Å². The quantitative estimate of drug-likeness (QED) is 0.155. The van der Waals surface area contributed by atoms with Gasteiger partial charge in [-0.1, -0.05) is 98.4 Å². The lowest BCUT2D eigenvalue weighted by atomic mass is 9.35.